The summed E-state index contributed by atoms with van der Waals surface area (Å²) in [6.45, 7) is 3.64. The molecule has 6 nitrogen and oxygen atoms in total. The number of hydrogen-bond donors (Lipinski definition) is 1. The molecule has 0 saturated carbocycles. The number of hydrogen-bond acceptors (Lipinski definition) is 5. The van der Waals surface area contributed by atoms with Crippen LogP contribution in [0.3, 0.4) is 0 Å². The minimum absolute atomic E-state index is 0.00465. The maximum Gasteiger partial charge on any atom is 0.258 e. The molecule has 4 rings (SSSR count). The molecule has 0 radical (unpaired) electrons. The van der Waals surface area contributed by atoms with Crippen molar-refractivity contribution in [1.82, 2.24) is 9.88 Å². The lowest BCUT2D eigenvalue weighted by atomic mass is 10.1. The molecule has 0 atom stereocenters. The highest BCUT2D eigenvalue weighted by molar-refractivity contribution is 6.32. The SMILES string of the molecule is CCN1Cc2nc3ccc(OC)cc3c(NCc3ccc(OC)c(Cl)c3)c2C1=O. The molecule has 1 amide bonds. The summed E-state index contributed by atoms with van der Waals surface area (Å²) in [4.78, 5) is 19.5. The largest absolute Gasteiger partial charge is 0.497 e. The van der Waals surface area contributed by atoms with E-state index in [2.05, 4.69) is 5.32 Å². The smallest absolute Gasteiger partial charge is 0.258 e. The minimum atomic E-state index is -0.00465. The molecular weight excluding hydrogens is 390 g/mol. The van der Waals surface area contributed by atoms with Gasteiger partial charge < -0.3 is 19.7 Å². The first-order chi connectivity index (χ1) is 14.0. The summed E-state index contributed by atoms with van der Waals surface area (Å²) in [5.41, 5.74) is 4.01. The quantitative estimate of drug-likeness (QED) is 0.647. The number of ether oxygens (including phenoxy) is 2. The summed E-state index contributed by atoms with van der Waals surface area (Å²) in [5, 5.41) is 4.86. The van der Waals surface area contributed by atoms with E-state index in [9.17, 15) is 4.79 Å². The molecule has 1 aliphatic rings. The molecule has 2 heterocycles. The second-order valence-corrected chi connectivity index (χ2v) is 7.24. The van der Waals surface area contributed by atoms with E-state index < -0.39 is 0 Å². The van der Waals surface area contributed by atoms with Gasteiger partial charge in [-0.15, -0.1) is 0 Å². The van der Waals surface area contributed by atoms with Crippen LogP contribution in [0.25, 0.3) is 10.9 Å². The fraction of sp³-hybridized carbons (Fsp3) is 0.273. The number of amides is 1. The number of pyridine rings is 1. The van der Waals surface area contributed by atoms with E-state index in [4.69, 9.17) is 26.1 Å². The molecule has 0 unspecified atom stereocenters. The van der Waals surface area contributed by atoms with Crippen LogP contribution in [-0.4, -0.2) is 36.6 Å². The molecule has 150 valence electrons. The van der Waals surface area contributed by atoms with E-state index in [0.717, 1.165) is 27.8 Å². The van der Waals surface area contributed by atoms with Crippen molar-refractivity contribution in [3.8, 4) is 11.5 Å². The van der Waals surface area contributed by atoms with Gasteiger partial charge in [-0.2, -0.15) is 0 Å². The third-order valence-corrected chi connectivity index (χ3v) is 5.47. The van der Waals surface area contributed by atoms with Crippen molar-refractivity contribution in [1.29, 1.82) is 0 Å². The maximum atomic E-state index is 13.0. The fourth-order valence-corrected chi connectivity index (χ4v) is 3.91. The van der Waals surface area contributed by atoms with E-state index in [-0.39, 0.29) is 5.91 Å². The summed E-state index contributed by atoms with van der Waals surface area (Å²) in [6.07, 6.45) is 0. The summed E-state index contributed by atoms with van der Waals surface area (Å²) in [6, 6.07) is 11.3. The summed E-state index contributed by atoms with van der Waals surface area (Å²) < 4.78 is 10.6. The van der Waals surface area contributed by atoms with E-state index in [1.807, 2.05) is 43.3 Å². The Morgan fingerprint density at radius 2 is 2.00 bits per heavy atom. The van der Waals surface area contributed by atoms with Gasteiger partial charge in [-0.25, -0.2) is 4.98 Å². The van der Waals surface area contributed by atoms with E-state index in [1.54, 1.807) is 19.1 Å². The summed E-state index contributed by atoms with van der Waals surface area (Å²) in [5.74, 6) is 1.34. The standard InChI is InChI=1S/C22H22ClN3O3/c1-4-26-12-18-20(22(26)27)21(15-10-14(28-2)6-7-17(15)25-18)24-11-13-5-8-19(29-3)16(23)9-13/h5-10H,4,11-12H2,1-3H3,(H,24,25). The Labute approximate surface area is 174 Å². The molecule has 29 heavy (non-hydrogen) atoms. The first-order valence-electron chi connectivity index (χ1n) is 9.41. The number of benzene rings is 2. The third-order valence-electron chi connectivity index (χ3n) is 5.18. The van der Waals surface area contributed by atoms with Gasteiger partial charge in [0.15, 0.2) is 0 Å². The monoisotopic (exact) mass is 411 g/mol. The number of nitrogens with zero attached hydrogens (tertiary/aromatic N) is 2. The van der Waals surface area contributed by atoms with Crippen LogP contribution >= 0.6 is 11.6 Å². The Hall–Kier alpha value is -2.99. The zero-order chi connectivity index (χ0) is 20.5. The van der Waals surface area contributed by atoms with Crippen molar-refractivity contribution in [2.75, 3.05) is 26.1 Å². The zero-order valence-electron chi connectivity index (χ0n) is 16.6. The Kier molecular flexibility index (Phi) is 5.20. The van der Waals surface area contributed by atoms with E-state index in [0.29, 0.717) is 41.7 Å². The Balaban J connectivity index is 1.78. The lowest BCUT2D eigenvalue weighted by Gasteiger charge is -2.15. The van der Waals surface area contributed by atoms with Crippen LogP contribution in [0.2, 0.25) is 5.02 Å². The van der Waals surface area contributed by atoms with Gasteiger partial charge in [0.1, 0.15) is 11.5 Å². The minimum Gasteiger partial charge on any atom is -0.497 e. The lowest BCUT2D eigenvalue weighted by Crippen LogP contribution is -2.23. The van der Waals surface area contributed by atoms with Gasteiger partial charge in [-0.1, -0.05) is 17.7 Å². The summed E-state index contributed by atoms with van der Waals surface area (Å²) >= 11 is 6.26. The van der Waals surface area contributed by atoms with Crippen molar-refractivity contribution < 1.29 is 14.3 Å². The van der Waals surface area contributed by atoms with Gasteiger partial charge in [0.05, 0.1) is 48.2 Å². The number of nitrogens with one attached hydrogen (secondary N) is 1. The predicted octanol–water partition coefficient (Wildman–Crippen LogP) is 4.49. The van der Waals surface area contributed by atoms with Crippen LogP contribution in [0.4, 0.5) is 5.69 Å². The van der Waals surface area contributed by atoms with Gasteiger partial charge >= 0.3 is 0 Å². The molecule has 3 aromatic rings. The molecule has 0 fully saturated rings. The fourth-order valence-electron chi connectivity index (χ4n) is 3.62. The highest BCUT2D eigenvalue weighted by atomic mass is 35.5. The number of aromatic nitrogens is 1. The first-order valence-corrected chi connectivity index (χ1v) is 9.79. The average Bonchev–Trinajstić information content (AvgIpc) is 3.06. The first kappa shape index (κ1) is 19.3. The maximum absolute atomic E-state index is 13.0. The Bertz CT molecular complexity index is 1100. The van der Waals surface area contributed by atoms with E-state index >= 15 is 0 Å². The molecule has 1 aromatic heterocycles. The van der Waals surface area contributed by atoms with Gasteiger partial charge in [-0.3, -0.25) is 4.79 Å². The second kappa shape index (κ2) is 7.79. The molecule has 2 aromatic carbocycles. The van der Waals surface area contributed by atoms with Crippen molar-refractivity contribution in [2.24, 2.45) is 0 Å². The third kappa shape index (κ3) is 3.44. The van der Waals surface area contributed by atoms with Gasteiger partial charge in [0, 0.05) is 18.5 Å². The number of carbonyl (C=O) groups excluding carboxylic acids is 1. The van der Waals surface area contributed by atoms with Crippen molar-refractivity contribution >= 4 is 34.1 Å². The van der Waals surface area contributed by atoms with Crippen LogP contribution in [0.1, 0.15) is 28.5 Å². The summed E-state index contributed by atoms with van der Waals surface area (Å²) in [7, 11) is 3.21. The van der Waals surface area contributed by atoms with Crippen LogP contribution < -0.4 is 14.8 Å². The molecule has 1 aliphatic heterocycles. The number of anilines is 1. The van der Waals surface area contributed by atoms with Crippen LogP contribution in [0.5, 0.6) is 11.5 Å². The number of fused-ring (bicyclic) bond motifs is 2. The predicted molar refractivity (Wildman–Crippen MR) is 114 cm³/mol. The van der Waals surface area contributed by atoms with Gasteiger partial charge in [-0.05, 0) is 42.8 Å². The van der Waals surface area contributed by atoms with Crippen molar-refractivity contribution in [3.05, 3.63) is 58.2 Å². The van der Waals surface area contributed by atoms with Crippen molar-refractivity contribution in [3.63, 3.8) is 0 Å². The van der Waals surface area contributed by atoms with Crippen molar-refractivity contribution in [2.45, 2.75) is 20.0 Å². The number of rotatable bonds is 6. The number of methoxy groups -OCH3 is 2. The highest BCUT2D eigenvalue weighted by Gasteiger charge is 2.32. The molecule has 0 saturated heterocycles. The lowest BCUT2D eigenvalue weighted by molar-refractivity contribution is 0.0787. The highest BCUT2D eigenvalue weighted by Crippen LogP contribution is 2.36. The van der Waals surface area contributed by atoms with Gasteiger partial charge in [0.2, 0.25) is 0 Å². The Morgan fingerprint density at radius 1 is 1.17 bits per heavy atom. The molecule has 7 heteroatoms. The normalized spacial score (nSPS) is 13.0. The topological polar surface area (TPSA) is 63.7 Å². The van der Waals surface area contributed by atoms with Gasteiger partial charge in [0.25, 0.3) is 5.91 Å². The van der Waals surface area contributed by atoms with Crippen LogP contribution in [0, 0.1) is 0 Å². The Morgan fingerprint density at radius 3 is 2.69 bits per heavy atom. The molecule has 0 spiro atoms. The molecular formula is C22H22ClN3O3. The number of carbonyl (C=O) groups is 1. The molecule has 1 N–H and O–H groups in total. The zero-order valence-corrected chi connectivity index (χ0v) is 17.3. The van der Waals surface area contributed by atoms with Crippen LogP contribution in [0.15, 0.2) is 36.4 Å². The molecule has 0 bridgehead atoms. The van der Waals surface area contributed by atoms with Crippen LogP contribution in [-0.2, 0) is 13.1 Å². The average molecular weight is 412 g/mol. The van der Waals surface area contributed by atoms with E-state index in [1.165, 1.54) is 0 Å². The second-order valence-electron chi connectivity index (χ2n) is 6.83. The number of halogens is 1. The molecule has 0 aliphatic carbocycles.